The van der Waals surface area contributed by atoms with E-state index in [1.165, 1.54) is 0 Å². The molecule has 4 nitrogen and oxygen atoms in total. The molecule has 1 aromatic rings. The predicted molar refractivity (Wildman–Crippen MR) is 63.4 cm³/mol. The van der Waals surface area contributed by atoms with Crippen molar-refractivity contribution in [2.45, 2.75) is 25.4 Å². The van der Waals surface area contributed by atoms with Crippen molar-refractivity contribution in [3.8, 4) is 6.07 Å². The third-order valence-electron chi connectivity index (χ3n) is 2.99. The maximum Gasteiger partial charge on any atom is 0.256 e. The molecule has 1 aromatic carbocycles. The minimum absolute atomic E-state index is 0.183. The molecule has 0 aromatic heterocycles. The predicted octanol–water partition coefficient (Wildman–Crippen LogP) is 2.07. The Morgan fingerprint density at radius 2 is 2.29 bits per heavy atom. The van der Waals surface area contributed by atoms with Crippen LogP contribution in [-0.2, 0) is 9.53 Å². The molecule has 0 saturated carbocycles. The number of anilines is 1. The first kappa shape index (κ1) is 11.6. The summed E-state index contributed by atoms with van der Waals surface area (Å²) in [4.78, 5) is 12.1. The highest BCUT2D eigenvalue weighted by Crippen LogP contribution is 2.27. The van der Waals surface area contributed by atoms with Gasteiger partial charge >= 0.3 is 0 Å². The molecule has 1 aliphatic heterocycles. The summed E-state index contributed by atoms with van der Waals surface area (Å²) in [5, 5.41) is 11.7. The lowest BCUT2D eigenvalue weighted by Crippen LogP contribution is -2.39. The molecule has 88 valence electrons. The summed E-state index contributed by atoms with van der Waals surface area (Å²) < 4.78 is 5.45. The van der Waals surface area contributed by atoms with E-state index in [-0.39, 0.29) is 5.91 Å². The van der Waals surface area contributed by atoms with Crippen LogP contribution in [0.15, 0.2) is 24.3 Å². The molecule has 1 N–H and O–H groups in total. The van der Waals surface area contributed by atoms with Crippen LogP contribution < -0.4 is 5.32 Å². The van der Waals surface area contributed by atoms with Crippen LogP contribution >= 0.6 is 0 Å². The second-order valence-electron chi connectivity index (χ2n) is 4.29. The Morgan fingerprint density at radius 1 is 1.53 bits per heavy atom. The summed E-state index contributed by atoms with van der Waals surface area (Å²) in [6.45, 7) is 2.40. The molecule has 17 heavy (non-hydrogen) atoms. The van der Waals surface area contributed by atoms with Gasteiger partial charge in [-0.1, -0.05) is 12.1 Å². The topological polar surface area (TPSA) is 62.1 Å². The molecular formula is C13H14N2O2. The molecule has 1 amide bonds. The molecule has 0 aliphatic carbocycles. The van der Waals surface area contributed by atoms with Crippen LogP contribution in [0.3, 0.4) is 0 Å². The quantitative estimate of drug-likeness (QED) is 0.845. The number of hydrogen-bond acceptors (Lipinski definition) is 3. The number of amides is 1. The Hall–Kier alpha value is -1.86. The van der Waals surface area contributed by atoms with Crippen LogP contribution in [0.25, 0.3) is 0 Å². The molecule has 2 rings (SSSR count). The van der Waals surface area contributed by atoms with E-state index in [0.29, 0.717) is 24.3 Å². The number of nitrogens with one attached hydrogen (secondary N) is 1. The van der Waals surface area contributed by atoms with Crippen molar-refractivity contribution in [1.82, 2.24) is 0 Å². The number of benzene rings is 1. The van der Waals surface area contributed by atoms with Crippen molar-refractivity contribution in [2.24, 2.45) is 0 Å². The zero-order valence-electron chi connectivity index (χ0n) is 9.69. The maximum absolute atomic E-state index is 12.1. The van der Waals surface area contributed by atoms with Gasteiger partial charge in [0.25, 0.3) is 5.91 Å². The van der Waals surface area contributed by atoms with E-state index in [2.05, 4.69) is 5.32 Å². The lowest BCUT2D eigenvalue weighted by Gasteiger charge is -2.22. The fourth-order valence-electron chi connectivity index (χ4n) is 1.90. The number of carbonyl (C=O) groups is 1. The zero-order chi connectivity index (χ0) is 12.3. The third-order valence-corrected chi connectivity index (χ3v) is 2.99. The van der Waals surface area contributed by atoms with E-state index >= 15 is 0 Å². The van der Waals surface area contributed by atoms with Crippen LogP contribution in [0, 0.1) is 11.3 Å². The Kier molecular flexibility index (Phi) is 3.12. The fourth-order valence-corrected chi connectivity index (χ4v) is 1.90. The second kappa shape index (κ2) is 4.56. The van der Waals surface area contributed by atoms with Crippen LogP contribution in [0.2, 0.25) is 0 Å². The number of ether oxygens (including phenoxy) is 1. The number of nitriles is 1. The summed E-state index contributed by atoms with van der Waals surface area (Å²) >= 11 is 0. The Balaban J connectivity index is 2.16. The highest BCUT2D eigenvalue weighted by molar-refractivity contribution is 5.98. The van der Waals surface area contributed by atoms with Crippen molar-refractivity contribution < 1.29 is 9.53 Å². The largest absolute Gasteiger partial charge is 0.365 e. The fraction of sp³-hybridized carbons (Fsp3) is 0.385. The van der Waals surface area contributed by atoms with Gasteiger partial charge < -0.3 is 10.1 Å². The van der Waals surface area contributed by atoms with E-state index < -0.39 is 5.60 Å². The average Bonchev–Trinajstić information content (AvgIpc) is 2.78. The minimum atomic E-state index is -0.761. The van der Waals surface area contributed by atoms with E-state index in [0.717, 1.165) is 6.42 Å². The lowest BCUT2D eigenvalue weighted by atomic mass is 10.0. The molecule has 1 atom stereocenters. The van der Waals surface area contributed by atoms with E-state index in [1.807, 2.05) is 6.07 Å². The summed E-state index contributed by atoms with van der Waals surface area (Å²) in [5.41, 5.74) is 0.238. The number of para-hydroxylation sites is 1. The number of hydrogen-bond donors (Lipinski definition) is 1. The zero-order valence-corrected chi connectivity index (χ0v) is 9.69. The molecule has 1 aliphatic rings. The average molecular weight is 230 g/mol. The van der Waals surface area contributed by atoms with Gasteiger partial charge in [-0.15, -0.1) is 0 Å². The van der Waals surface area contributed by atoms with Crippen molar-refractivity contribution in [2.75, 3.05) is 11.9 Å². The highest BCUT2D eigenvalue weighted by Gasteiger charge is 2.37. The lowest BCUT2D eigenvalue weighted by molar-refractivity contribution is -0.133. The second-order valence-corrected chi connectivity index (χ2v) is 4.29. The SMILES string of the molecule is CC1(C(=O)Nc2ccccc2C#N)CCCO1. The van der Waals surface area contributed by atoms with Crippen LogP contribution in [0.4, 0.5) is 5.69 Å². The number of rotatable bonds is 2. The molecule has 0 spiro atoms. The molecule has 1 heterocycles. The van der Waals surface area contributed by atoms with Gasteiger partial charge in [-0.25, -0.2) is 0 Å². The van der Waals surface area contributed by atoms with Gasteiger partial charge in [-0.2, -0.15) is 5.26 Å². The molecule has 1 fully saturated rings. The van der Waals surface area contributed by atoms with Crippen molar-refractivity contribution in [1.29, 1.82) is 5.26 Å². The van der Waals surface area contributed by atoms with Gasteiger partial charge in [0, 0.05) is 6.61 Å². The molecule has 1 unspecified atom stereocenters. The van der Waals surface area contributed by atoms with Crippen molar-refractivity contribution in [3.63, 3.8) is 0 Å². The Bertz CT molecular complexity index is 471. The summed E-state index contributed by atoms with van der Waals surface area (Å²) in [7, 11) is 0. The first-order valence-electron chi connectivity index (χ1n) is 5.60. The standard InChI is InChI=1S/C13H14N2O2/c1-13(7-4-8-17-13)12(16)15-11-6-3-2-5-10(11)9-14/h2-3,5-6H,4,7-8H2,1H3,(H,15,16). The van der Waals surface area contributed by atoms with Gasteiger partial charge in [-0.05, 0) is 31.9 Å². The molecule has 1 saturated heterocycles. The molecule has 4 heteroatoms. The molecular weight excluding hydrogens is 216 g/mol. The van der Waals surface area contributed by atoms with E-state index in [9.17, 15) is 4.79 Å². The van der Waals surface area contributed by atoms with Gasteiger partial charge in [-0.3, -0.25) is 4.79 Å². The van der Waals surface area contributed by atoms with Crippen LogP contribution in [0.1, 0.15) is 25.3 Å². The van der Waals surface area contributed by atoms with Crippen molar-refractivity contribution in [3.05, 3.63) is 29.8 Å². The number of carbonyl (C=O) groups excluding carboxylic acids is 1. The van der Waals surface area contributed by atoms with Gasteiger partial charge in [0.05, 0.1) is 11.3 Å². The molecule has 0 radical (unpaired) electrons. The summed E-state index contributed by atoms with van der Waals surface area (Å²) in [5.74, 6) is -0.183. The third kappa shape index (κ3) is 2.29. The minimum Gasteiger partial charge on any atom is -0.365 e. The van der Waals surface area contributed by atoms with Gasteiger partial charge in [0.2, 0.25) is 0 Å². The van der Waals surface area contributed by atoms with Crippen molar-refractivity contribution >= 4 is 11.6 Å². The van der Waals surface area contributed by atoms with E-state index in [4.69, 9.17) is 10.00 Å². The summed E-state index contributed by atoms with van der Waals surface area (Å²) in [6.07, 6.45) is 1.61. The highest BCUT2D eigenvalue weighted by atomic mass is 16.5. The Morgan fingerprint density at radius 3 is 2.94 bits per heavy atom. The smallest absolute Gasteiger partial charge is 0.256 e. The van der Waals surface area contributed by atoms with Gasteiger partial charge in [0.15, 0.2) is 0 Å². The van der Waals surface area contributed by atoms with Gasteiger partial charge in [0.1, 0.15) is 11.7 Å². The molecule has 0 bridgehead atoms. The maximum atomic E-state index is 12.1. The van der Waals surface area contributed by atoms with Crippen LogP contribution in [-0.4, -0.2) is 18.1 Å². The number of nitrogens with zero attached hydrogens (tertiary/aromatic N) is 1. The monoisotopic (exact) mass is 230 g/mol. The Labute approximate surface area is 100 Å². The first-order valence-corrected chi connectivity index (χ1v) is 5.60. The normalized spacial score (nSPS) is 23.1. The first-order chi connectivity index (χ1) is 8.15. The van der Waals surface area contributed by atoms with Crippen LogP contribution in [0.5, 0.6) is 0 Å². The summed E-state index contributed by atoms with van der Waals surface area (Å²) in [6, 6.07) is 8.99. The van der Waals surface area contributed by atoms with E-state index in [1.54, 1.807) is 31.2 Å².